The standard InChI is InChI=1S/C21H21Cl2N5O6/c22-16-6-3-12(8-17(16)23)27-20(31)18(29)25-10-14-4-5-15(34-14)11-26-28-21(32)19(30)24-9-13-2-1-7-33-13/h3-6,8,11,13H,1-2,7,9-10H2,(H,24,30)(H,25,29)(H,27,31)(H,28,32)/b26-11+/t13-/m0/s1. The van der Waals surface area contributed by atoms with Crippen molar-refractivity contribution in [2.24, 2.45) is 5.10 Å². The predicted octanol–water partition coefficient (Wildman–Crippen LogP) is 1.59. The summed E-state index contributed by atoms with van der Waals surface area (Å²) in [5, 5.41) is 11.5. The van der Waals surface area contributed by atoms with E-state index in [1.807, 2.05) is 0 Å². The minimum atomic E-state index is -0.929. The van der Waals surface area contributed by atoms with Crippen LogP contribution in [-0.2, 0) is 30.5 Å². The van der Waals surface area contributed by atoms with E-state index in [-0.39, 0.29) is 30.0 Å². The van der Waals surface area contributed by atoms with E-state index in [0.717, 1.165) is 12.8 Å². The molecule has 1 aromatic heterocycles. The average molecular weight is 510 g/mol. The van der Waals surface area contributed by atoms with Crippen molar-refractivity contribution >= 4 is 58.7 Å². The summed E-state index contributed by atoms with van der Waals surface area (Å²) in [5.74, 6) is -2.95. The van der Waals surface area contributed by atoms with Crippen LogP contribution in [0.3, 0.4) is 0 Å². The SMILES string of the molecule is O=C(NC[C@@H]1CCCO1)C(=O)N/N=C/c1ccc(CNC(=O)C(=O)Nc2ccc(Cl)c(Cl)c2)o1. The number of ether oxygens (including phenoxy) is 1. The first-order valence-electron chi connectivity index (χ1n) is 10.2. The van der Waals surface area contributed by atoms with Crippen molar-refractivity contribution in [2.75, 3.05) is 18.5 Å². The van der Waals surface area contributed by atoms with Crippen LogP contribution < -0.4 is 21.4 Å². The van der Waals surface area contributed by atoms with Crippen LogP contribution in [0.25, 0.3) is 0 Å². The fourth-order valence-electron chi connectivity index (χ4n) is 2.87. The molecule has 1 atom stereocenters. The Bertz CT molecular complexity index is 1100. The molecule has 0 aliphatic carbocycles. The van der Waals surface area contributed by atoms with Crippen LogP contribution in [0.15, 0.2) is 39.9 Å². The highest BCUT2D eigenvalue weighted by molar-refractivity contribution is 6.43. The van der Waals surface area contributed by atoms with Gasteiger partial charge in [0.05, 0.1) is 28.9 Å². The van der Waals surface area contributed by atoms with Crippen molar-refractivity contribution in [3.05, 3.63) is 51.9 Å². The van der Waals surface area contributed by atoms with E-state index in [2.05, 4.69) is 26.5 Å². The summed E-state index contributed by atoms with van der Waals surface area (Å²) in [5.41, 5.74) is 2.40. The van der Waals surface area contributed by atoms with Gasteiger partial charge in [0.1, 0.15) is 11.5 Å². The number of rotatable bonds is 7. The molecule has 0 spiro atoms. The van der Waals surface area contributed by atoms with E-state index in [9.17, 15) is 19.2 Å². The number of nitrogens with zero attached hydrogens (tertiary/aromatic N) is 1. The van der Waals surface area contributed by atoms with Crippen molar-refractivity contribution in [2.45, 2.75) is 25.5 Å². The molecule has 13 heteroatoms. The summed E-state index contributed by atoms with van der Waals surface area (Å²) in [6, 6.07) is 7.49. The number of furan rings is 1. The Hall–Kier alpha value is -3.41. The topological polar surface area (TPSA) is 151 Å². The fraction of sp³-hybridized carbons (Fsp3) is 0.286. The fourth-order valence-corrected chi connectivity index (χ4v) is 3.16. The monoisotopic (exact) mass is 509 g/mol. The Morgan fingerprint density at radius 3 is 2.53 bits per heavy atom. The molecule has 0 unspecified atom stereocenters. The second-order valence-corrected chi connectivity index (χ2v) is 7.93. The van der Waals surface area contributed by atoms with Crippen LogP contribution in [0.2, 0.25) is 10.0 Å². The van der Waals surface area contributed by atoms with E-state index in [0.29, 0.717) is 23.1 Å². The molecule has 0 saturated carbocycles. The van der Waals surface area contributed by atoms with E-state index >= 15 is 0 Å². The van der Waals surface area contributed by atoms with Gasteiger partial charge in [-0.25, -0.2) is 5.43 Å². The van der Waals surface area contributed by atoms with Crippen LogP contribution in [0, 0.1) is 0 Å². The van der Waals surface area contributed by atoms with Crippen molar-refractivity contribution in [3.8, 4) is 0 Å². The average Bonchev–Trinajstić information content (AvgIpc) is 3.50. The lowest BCUT2D eigenvalue weighted by atomic mass is 10.2. The molecule has 1 fully saturated rings. The lowest BCUT2D eigenvalue weighted by Gasteiger charge is -2.09. The highest BCUT2D eigenvalue weighted by Crippen LogP contribution is 2.24. The molecule has 2 aromatic rings. The number of carbonyl (C=O) groups is 4. The Morgan fingerprint density at radius 2 is 1.79 bits per heavy atom. The second-order valence-electron chi connectivity index (χ2n) is 7.11. The largest absolute Gasteiger partial charge is 0.458 e. The molecule has 4 amide bonds. The van der Waals surface area contributed by atoms with Crippen LogP contribution in [0.4, 0.5) is 5.69 Å². The van der Waals surface area contributed by atoms with Crippen molar-refractivity contribution in [1.29, 1.82) is 0 Å². The molecule has 1 saturated heterocycles. The maximum absolute atomic E-state index is 12.0. The Balaban J connectivity index is 1.39. The summed E-state index contributed by atoms with van der Waals surface area (Å²) in [6.07, 6.45) is 2.87. The van der Waals surface area contributed by atoms with Crippen molar-refractivity contribution in [3.63, 3.8) is 0 Å². The Morgan fingerprint density at radius 1 is 1.00 bits per heavy atom. The first kappa shape index (κ1) is 25.2. The van der Waals surface area contributed by atoms with E-state index in [1.54, 1.807) is 6.07 Å². The van der Waals surface area contributed by atoms with Gasteiger partial charge in [0, 0.05) is 18.8 Å². The van der Waals surface area contributed by atoms with Gasteiger partial charge in [0.25, 0.3) is 0 Å². The maximum atomic E-state index is 12.0. The molecule has 4 N–H and O–H groups in total. The summed E-state index contributed by atoms with van der Waals surface area (Å²) >= 11 is 11.7. The van der Waals surface area contributed by atoms with Crippen LogP contribution in [0.1, 0.15) is 24.4 Å². The zero-order chi connectivity index (χ0) is 24.5. The first-order chi connectivity index (χ1) is 16.3. The molecule has 1 aromatic carbocycles. The third kappa shape index (κ3) is 7.58. The van der Waals surface area contributed by atoms with Crippen molar-refractivity contribution in [1.82, 2.24) is 16.1 Å². The number of carbonyl (C=O) groups excluding carboxylic acids is 4. The summed E-state index contributed by atoms with van der Waals surface area (Å²) in [6.45, 7) is 0.839. The normalized spacial score (nSPS) is 15.2. The molecule has 34 heavy (non-hydrogen) atoms. The zero-order valence-electron chi connectivity index (χ0n) is 17.7. The van der Waals surface area contributed by atoms with Crippen LogP contribution >= 0.6 is 23.2 Å². The smallest absolute Gasteiger partial charge is 0.329 e. The third-order valence-corrected chi connectivity index (χ3v) is 5.31. The number of hydrogen-bond acceptors (Lipinski definition) is 7. The molecule has 3 rings (SSSR count). The van der Waals surface area contributed by atoms with Gasteiger partial charge >= 0.3 is 23.6 Å². The summed E-state index contributed by atoms with van der Waals surface area (Å²) in [4.78, 5) is 47.4. The van der Waals surface area contributed by atoms with Gasteiger partial charge < -0.3 is 25.1 Å². The Kier molecular flexibility index (Phi) is 9.02. The van der Waals surface area contributed by atoms with Gasteiger partial charge in [-0.3, -0.25) is 19.2 Å². The quantitative estimate of drug-likeness (QED) is 0.252. The molecular formula is C21H21Cl2N5O6. The lowest BCUT2D eigenvalue weighted by molar-refractivity contribution is -0.139. The van der Waals surface area contributed by atoms with E-state index in [1.165, 1.54) is 30.5 Å². The number of halogens is 2. The second kappa shape index (κ2) is 12.2. The minimum absolute atomic E-state index is 0.0700. The zero-order valence-corrected chi connectivity index (χ0v) is 19.2. The van der Waals surface area contributed by atoms with Crippen molar-refractivity contribution < 1.29 is 28.3 Å². The van der Waals surface area contributed by atoms with Gasteiger partial charge in [-0.15, -0.1) is 0 Å². The highest BCUT2D eigenvalue weighted by Gasteiger charge is 2.19. The van der Waals surface area contributed by atoms with E-state index < -0.39 is 23.6 Å². The molecule has 1 aliphatic heterocycles. The lowest BCUT2D eigenvalue weighted by Crippen LogP contribution is -2.41. The molecule has 0 radical (unpaired) electrons. The molecule has 2 heterocycles. The number of amides is 4. The van der Waals surface area contributed by atoms with Gasteiger partial charge in [-0.1, -0.05) is 23.2 Å². The Labute approximate surface area is 204 Å². The summed E-state index contributed by atoms with van der Waals surface area (Å²) < 4.78 is 10.8. The van der Waals surface area contributed by atoms with Gasteiger partial charge in [0.2, 0.25) is 0 Å². The van der Waals surface area contributed by atoms with Crippen LogP contribution in [0.5, 0.6) is 0 Å². The molecule has 180 valence electrons. The number of hydrazone groups is 1. The molecule has 0 bridgehead atoms. The van der Waals surface area contributed by atoms with Gasteiger partial charge in [-0.05, 0) is 43.2 Å². The number of anilines is 1. The maximum Gasteiger partial charge on any atom is 0.329 e. The molecule has 1 aliphatic rings. The van der Waals surface area contributed by atoms with Gasteiger partial charge in [0.15, 0.2) is 0 Å². The first-order valence-corrected chi connectivity index (χ1v) is 10.9. The number of nitrogens with one attached hydrogen (secondary N) is 4. The molecular weight excluding hydrogens is 489 g/mol. The van der Waals surface area contributed by atoms with E-state index in [4.69, 9.17) is 32.4 Å². The minimum Gasteiger partial charge on any atom is -0.458 e. The number of hydrogen-bond donors (Lipinski definition) is 4. The third-order valence-electron chi connectivity index (χ3n) is 4.57. The predicted molar refractivity (Wildman–Crippen MR) is 123 cm³/mol. The molecule has 11 nitrogen and oxygen atoms in total. The summed E-state index contributed by atoms with van der Waals surface area (Å²) in [7, 11) is 0. The van der Waals surface area contributed by atoms with Crippen LogP contribution in [-0.4, -0.2) is 49.1 Å². The van der Waals surface area contributed by atoms with Gasteiger partial charge in [-0.2, -0.15) is 5.10 Å². The number of benzene rings is 1. The highest BCUT2D eigenvalue weighted by atomic mass is 35.5.